The van der Waals surface area contributed by atoms with E-state index < -0.39 is 0 Å². The molecule has 2 aromatic carbocycles. The molecule has 0 fully saturated rings. The Bertz CT molecular complexity index is 406. The van der Waals surface area contributed by atoms with Gasteiger partial charge in [-0.1, -0.05) is 59.5 Å². The highest BCUT2D eigenvalue weighted by atomic mass is 14.0. The summed E-state index contributed by atoms with van der Waals surface area (Å²) in [6.45, 7) is 0. The van der Waals surface area contributed by atoms with Gasteiger partial charge in [-0.3, -0.25) is 0 Å². The van der Waals surface area contributed by atoms with Gasteiger partial charge in [0, 0.05) is 0 Å². The second-order valence-corrected chi connectivity index (χ2v) is 3.74. The molecule has 0 radical (unpaired) electrons. The van der Waals surface area contributed by atoms with Crippen molar-refractivity contribution in [2.24, 2.45) is 0 Å². The third kappa shape index (κ3) is 1.90. The normalized spacial score (nSPS) is 10.0. The molecule has 0 aliphatic rings. The standard InChI is InChI=1S/C12H12B2/c13-11-5-1-3-9(7-11)10-4-2-6-12(14)8-10/h1-8H,13-14H2. The molecule has 0 saturated carbocycles. The average molecular weight is 178 g/mol. The van der Waals surface area contributed by atoms with Gasteiger partial charge in [-0.15, -0.1) is 0 Å². The zero-order valence-corrected chi connectivity index (χ0v) is 8.62. The average Bonchev–Trinajstić information content (AvgIpc) is 2.18. The van der Waals surface area contributed by atoms with E-state index in [1.165, 1.54) is 22.1 Å². The van der Waals surface area contributed by atoms with Gasteiger partial charge in [0.1, 0.15) is 15.7 Å². The quantitative estimate of drug-likeness (QED) is 0.533. The highest BCUT2D eigenvalue weighted by molar-refractivity contribution is 6.33. The van der Waals surface area contributed by atoms with E-state index in [1.54, 1.807) is 0 Å². The summed E-state index contributed by atoms with van der Waals surface area (Å²) in [5, 5.41) is 0. The third-order valence-corrected chi connectivity index (χ3v) is 2.37. The van der Waals surface area contributed by atoms with Crippen LogP contribution in [0.5, 0.6) is 0 Å². The van der Waals surface area contributed by atoms with E-state index >= 15 is 0 Å². The van der Waals surface area contributed by atoms with Crippen molar-refractivity contribution in [3.63, 3.8) is 0 Å². The molecule has 66 valence electrons. The Balaban J connectivity index is 2.49. The van der Waals surface area contributed by atoms with Gasteiger partial charge >= 0.3 is 0 Å². The van der Waals surface area contributed by atoms with Crippen molar-refractivity contribution in [2.75, 3.05) is 0 Å². The van der Waals surface area contributed by atoms with Gasteiger partial charge in [0.25, 0.3) is 0 Å². The Morgan fingerprint density at radius 1 is 0.643 bits per heavy atom. The van der Waals surface area contributed by atoms with Crippen molar-refractivity contribution in [3.8, 4) is 11.1 Å². The van der Waals surface area contributed by atoms with E-state index in [2.05, 4.69) is 64.2 Å². The Labute approximate surface area is 86.8 Å². The fraction of sp³-hybridized carbons (Fsp3) is 0. The van der Waals surface area contributed by atoms with Crippen LogP contribution >= 0.6 is 0 Å². The maximum absolute atomic E-state index is 2.22. The van der Waals surface area contributed by atoms with Crippen LogP contribution in [0.25, 0.3) is 11.1 Å². The van der Waals surface area contributed by atoms with E-state index in [0.717, 1.165) is 0 Å². The summed E-state index contributed by atoms with van der Waals surface area (Å²) in [5.41, 5.74) is 5.22. The van der Waals surface area contributed by atoms with E-state index in [-0.39, 0.29) is 0 Å². The van der Waals surface area contributed by atoms with E-state index in [4.69, 9.17) is 0 Å². The lowest BCUT2D eigenvalue weighted by Gasteiger charge is -2.03. The molecule has 0 aliphatic heterocycles. The zero-order chi connectivity index (χ0) is 9.97. The lowest BCUT2D eigenvalue weighted by molar-refractivity contribution is 1.66. The van der Waals surface area contributed by atoms with Crippen molar-refractivity contribution >= 4 is 26.6 Å². The minimum absolute atomic E-state index is 1.30. The maximum Gasteiger partial charge on any atom is 0.139 e. The van der Waals surface area contributed by atoms with Crippen LogP contribution in [-0.2, 0) is 0 Å². The highest BCUT2D eigenvalue weighted by Gasteiger charge is 1.96. The van der Waals surface area contributed by atoms with Crippen LogP contribution in [0.4, 0.5) is 0 Å². The fourth-order valence-corrected chi connectivity index (χ4v) is 1.65. The zero-order valence-electron chi connectivity index (χ0n) is 8.62. The van der Waals surface area contributed by atoms with Crippen molar-refractivity contribution in [1.29, 1.82) is 0 Å². The van der Waals surface area contributed by atoms with Crippen LogP contribution in [0.3, 0.4) is 0 Å². The molecule has 0 atom stereocenters. The van der Waals surface area contributed by atoms with Crippen molar-refractivity contribution in [2.45, 2.75) is 0 Å². The molecule has 0 aliphatic carbocycles. The lowest BCUT2D eigenvalue weighted by atomic mass is 9.89. The Kier molecular flexibility index (Phi) is 2.45. The van der Waals surface area contributed by atoms with Crippen LogP contribution in [0, 0.1) is 0 Å². The van der Waals surface area contributed by atoms with Crippen molar-refractivity contribution in [3.05, 3.63) is 48.5 Å². The molecule has 14 heavy (non-hydrogen) atoms. The number of rotatable bonds is 1. The predicted molar refractivity (Wildman–Crippen MR) is 68.2 cm³/mol. The number of hydrogen-bond donors (Lipinski definition) is 0. The van der Waals surface area contributed by atoms with Gasteiger partial charge in [-0.05, 0) is 11.1 Å². The van der Waals surface area contributed by atoms with Crippen LogP contribution < -0.4 is 10.9 Å². The summed E-state index contributed by atoms with van der Waals surface area (Å²) < 4.78 is 0. The highest BCUT2D eigenvalue weighted by Crippen LogP contribution is 2.15. The first-order chi connectivity index (χ1) is 6.75. The van der Waals surface area contributed by atoms with E-state index in [9.17, 15) is 0 Å². The molecule has 2 rings (SSSR count). The van der Waals surface area contributed by atoms with Gasteiger partial charge < -0.3 is 0 Å². The topological polar surface area (TPSA) is 0 Å². The minimum atomic E-state index is 1.30. The second kappa shape index (κ2) is 3.75. The summed E-state index contributed by atoms with van der Waals surface area (Å²) in [5.74, 6) is 0. The second-order valence-electron chi connectivity index (χ2n) is 3.74. The van der Waals surface area contributed by atoms with Gasteiger partial charge in [-0.25, -0.2) is 0 Å². The van der Waals surface area contributed by atoms with Gasteiger partial charge in [-0.2, -0.15) is 0 Å². The van der Waals surface area contributed by atoms with E-state index in [0.29, 0.717) is 0 Å². The Morgan fingerprint density at radius 2 is 1.07 bits per heavy atom. The molecule has 0 heterocycles. The molecule has 0 nitrogen and oxygen atoms in total. The van der Waals surface area contributed by atoms with Gasteiger partial charge in [0.15, 0.2) is 0 Å². The summed E-state index contributed by atoms with van der Waals surface area (Å²) >= 11 is 0. The Hall–Kier alpha value is -1.43. The first-order valence-electron chi connectivity index (χ1n) is 4.89. The third-order valence-electron chi connectivity index (χ3n) is 2.37. The van der Waals surface area contributed by atoms with Crippen LogP contribution in [0.2, 0.25) is 0 Å². The predicted octanol–water partition coefficient (Wildman–Crippen LogP) is -0.130. The molecule has 2 heteroatoms. The molecule has 0 unspecified atom stereocenters. The first kappa shape index (κ1) is 9.14. The minimum Gasteiger partial charge on any atom is -0.0884 e. The summed E-state index contributed by atoms with van der Waals surface area (Å²) in [6.07, 6.45) is 0. The van der Waals surface area contributed by atoms with Crippen molar-refractivity contribution < 1.29 is 0 Å². The number of benzene rings is 2. The van der Waals surface area contributed by atoms with E-state index in [1.807, 2.05) is 0 Å². The molecular weight excluding hydrogens is 166 g/mol. The maximum atomic E-state index is 2.22. The van der Waals surface area contributed by atoms with Gasteiger partial charge in [0.2, 0.25) is 0 Å². The molecule has 0 N–H and O–H groups in total. The lowest BCUT2D eigenvalue weighted by Crippen LogP contribution is -2.03. The summed E-state index contributed by atoms with van der Waals surface area (Å²) in [4.78, 5) is 0. The molecule has 0 aromatic heterocycles. The molecule has 0 amide bonds. The van der Waals surface area contributed by atoms with Gasteiger partial charge in [0.05, 0.1) is 0 Å². The molecule has 2 aromatic rings. The summed E-state index contributed by atoms with van der Waals surface area (Å²) in [6, 6.07) is 17.2. The number of hydrogen-bond acceptors (Lipinski definition) is 0. The molecule has 0 spiro atoms. The van der Waals surface area contributed by atoms with Crippen LogP contribution in [-0.4, -0.2) is 15.7 Å². The fourth-order valence-electron chi connectivity index (χ4n) is 1.65. The smallest absolute Gasteiger partial charge is 0.0884 e. The Morgan fingerprint density at radius 3 is 1.43 bits per heavy atom. The first-order valence-corrected chi connectivity index (χ1v) is 4.89. The SMILES string of the molecule is Bc1cccc(-c2cccc(B)c2)c1. The molecule has 0 bridgehead atoms. The monoisotopic (exact) mass is 178 g/mol. The van der Waals surface area contributed by atoms with Crippen molar-refractivity contribution in [1.82, 2.24) is 0 Å². The molecule has 0 saturated heterocycles. The van der Waals surface area contributed by atoms with Crippen LogP contribution in [0.15, 0.2) is 48.5 Å². The van der Waals surface area contributed by atoms with Crippen LogP contribution in [0.1, 0.15) is 0 Å². The largest absolute Gasteiger partial charge is 0.139 e. The summed E-state index contributed by atoms with van der Waals surface area (Å²) in [7, 11) is 4.25. The molecular formula is C12H12B2.